The number of nitrogens with one attached hydrogen (secondary N) is 1. The molecule has 0 saturated carbocycles. The van der Waals surface area contributed by atoms with Crippen LogP contribution in [0.3, 0.4) is 0 Å². The number of benzene rings is 2. The lowest BCUT2D eigenvalue weighted by Gasteiger charge is -2.41. The van der Waals surface area contributed by atoms with Crippen molar-refractivity contribution < 1.29 is 52.0 Å². The quantitative estimate of drug-likeness (QED) is 0.237. The summed E-state index contributed by atoms with van der Waals surface area (Å²) in [5.74, 6) is -0.822. The van der Waals surface area contributed by atoms with Crippen molar-refractivity contribution in [1.82, 2.24) is 10.2 Å². The number of aliphatic hydroxyl groups excluding tert-OH is 2. The fourth-order valence-electron chi connectivity index (χ4n) is 5.18. The predicted molar refractivity (Wildman–Crippen MR) is 160 cm³/mol. The lowest BCUT2D eigenvalue weighted by molar-refractivity contribution is -0.137. The number of methoxy groups -OCH3 is 1. The number of aldehydes is 1. The number of hydrogen-bond donors (Lipinski definition) is 3. The molecule has 238 valence electrons. The Kier molecular flexibility index (Phi) is 11.3. The summed E-state index contributed by atoms with van der Waals surface area (Å²) in [6.07, 6.45) is -4.27. The van der Waals surface area contributed by atoms with Crippen molar-refractivity contribution in [3.05, 3.63) is 68.3 Å². The van der Waals surface area contributed by atoms with Crippen molar-refractivity contribution in [2.24, 2.45) is 0 Å². The number of rotatable bonds is 11. The Labute approximate surface area is 265 Å². The molecule has 1 aliphatic carbocycles. The highest BCUT2D eigenvalue weighted by molar-refractivity contribution is 14.1. The third-order valence-corrected chi connectivity index (χ3v) is 8.20. The standard InChI is InChI=1S/C30H32F3IN2O8/c1-42-25-12-17(16-38)11-22(34)27(25)44-24-14-19(28(40)35-8-9-37)13-23(26(24)39)36(15-21-3-2-10-43-21)29(41)18-4-6-20(7-5-18)30(31,32)33/h4-7,11-12,14,16,21,23-24,26,37,39H,2-3,8-10,13,15H2,1H3,(H,35,40)/t21-,23+,24-,26-/m0/s1. The molecule has 3 N–H and O–H groups in total. The van der Waals surface area contributed by atoms with Gasteiger partial charge in [-0.25, -0.2) is 0 Å². The summed E-state index contributed by atoms with van der Waals surface area (Å²) < 4.78 is 57.4. The van der Waals surface area contributed by atoms with E-state index in [1.165, 1.54) is 24.2 Å². The minimum Gasteiger partial charge on any atom is -0.493 e. The Morgan fingerprint density at radius 2 is 1.95 bits per heavy atom. The molecule has 0 bridgehead atoms. The van der Waals surface area contributed by atoms with Gasteiger partial charge in [-0.05, 0) is 77.9 Å². The second-order valence-corrected chi connectivity index (χ2v) is 11.5. The molecule has 2 amide bonds. The SMILES string of the molecule is COc1cc(C=O)cc(I)c1O[C@H]1C=C(C(=O)NCCO)C[C@@H](N(C[C@@H]2CCCO2)C(=O)c2ccc(C(F)(F)F)cc2)[C@@H]1O. The van der Waals surface area contributed by atoms with E-state index in [2.05, 4.69) is 5.32 Å². The number of carbonyl (C=O) groups is 3. The van der Waals surface area contributed by atoms with Crippen LogP contribution in [0.2, 0.25) is 0 Å². The Balaban J connectivity index is 1.73. The van der Waals surface area contributed by atoms with Crippen LogP contribution in [0.5, 0.6) is 11.5 Å². The van der Waals surface area contributed by atoms with E-state index < -0.39 is 47.9 Å². The largest absolute Gasteiger partial charge is 0.493 e. The third kappa shape index (κ3) is 7.89. The normalized spacial score (nSPS) is 21.8. The zero-order valence-electron chi connectivity index (χ0n) is 23.7. The maximum Gasteiger partial charge on any atom is 0.416 e. The van der Waals surface area contributed by atoms with Gasteiger partial charge in [0.25, 0.3) is 5.91 Å². The van der Waals surface area contributed by atoms with Gasteiger partial charge in [0, 0.05) is 42.8 Å². The van der Waals surface area contributed by atoms with Crippen LogP contribution in [-0.4, -0.2) is 91.0 Å². The van der Waals surface area contributed by atoms with Gasteiger partial charge in [0.05, 0.1) is 35.0 Å². The summed E-state index contributed by atoms with van der Waals surface area (Å²) in [4.78, 5) is 39.7. The Hall–Kier alpha value is -3.21. The Bertz CT molecular complexity index is 1380. The summed E-state index contributed by atoms with van der Waals surface area (Å²) in [6, 6.07) is 5.71. The van der Waals surface area contributed by atoms with Gasteiger partial charge in [0.1, 0.15) is 18.5 Å². The molecule has 0 radical (unpaired) electrons. The average Bonchev–Trinajstić information content (AvgIpc) is 3.53. The summed E-state index contributed by atoms with van der Waals surface area (Å²) in [7, 11) is 1.38. The first-order valence-corrected chi connectivity index (χ1v) is 14.9. The molecular formula is C30H32F3IN2O8. The van der Waals surface area contributed by atoms with Gasteiger partial charge in [-0.15, -0.1) is 0 Å². The molecule has 1 fully saturated rings. The van der Waals surface area contributed by atoms with Crippen LogP contribution in [0.4, 0.5) is 13.2 Å². The fraction of sp³-hybridized carbons (Fsp3) is 0.433. The van der Waals surface area contributed by atoms with Crippen LogP contribution in [-0.2, 0) is 15.7 Å². The fourth-order valence-corrected chi connectivity index (χ4v) is 5.93. The molecule has 1 heterocycles. The zero-order chi connectivity index (χ0) is 32.0. The number of amides is 2. The molecule has 10 nitrogen and oxygen atoms in total. The van der Waals surface area contributed by atoms with Crippen molar-refractivity contribution in [2.75, 3.05) is 33.4 Å². The molecule has 1 saturated heterocycles. The van der Waals surface area contributed by atoms with E-state index in [0.717, 1.165) is 30.7 Å². The second kappa shape index (κ2) is 14.7. The maximum atomic E-state index is 13.9. The first-order chi connectivity index (χ1) is 21.0. The van der Waals surface area contributed by atoms with Gasteiger partial charge in [0.2, 0.25) is 5.91 Å². The number of hydrogen-bond acceptors (Lipinski definition) is 8. The van der Waals surface area contributed by atoms with Gasteiger partial charge >= 0.3 is 6.18 Å². The highest BCUT2D eigenvalue weighted by atomic mass is 127. The monoisotopic (exact) mass is 732 g/mol. The molecular weight excluding hydrogens is 700 g/mol. The van der Waals surface area contributed by atoms with Gasteiger partial charge in [-0.1, -0.05) is 0 Å². The molecule has 14 heteroatoms. The molecule has 2 aromatic rings. The van der Waals surface area contributed by atoms with E-state index in [0.29, 0.717) is 28.4 Å². The van der Waals surface area contributed by atoms with Crippen molar-refractivity contribution >= 4 is 40.7 Å². The summed E-state index contributed by atoms with van der Waals surface area (Å²) in [6.45, 7) is 0.114. The number of alkyl halides is 3. The molecule has 2 aliphatic rings. The van der Waals surface area contributed by atoms with Gasteiger partial charge in [-0.3, -0.25) is 14.4 Å². The van der Waals surface area contributed by atoms with Crippen LogP contribution >= 0.6 is 22.6 Å². The molecule has 1 aliphatic heterocycles. The van der Waals surface area contributed by atoms with Crippen LogP contribution < -0.4 is 14.8 Å². The summed E-state index contributed by atoms with van der Waals surface area (Å²) >= 11 is 1.94. The topological polar surface area (TPSA) is 135 Å². The second-order valence-electron chi connectivity index (χ2n) is 10.3. The smallest absolute Gasteiger partial charge is 0.416 e. The number of halogens is 4. The number of aliphatic hydroxyl groups is 2. The maximum absolute atomic E-state index is 13.9. The molecule has 0 aromatic heterocycles. The highest BCUT2D eigenvalue weighted by Crippen LogP contribution is 2.37. The van der Waals surface area contributed by atoms with Crippen LogP contribution in [0.25, 0.3) is 0 Å². The first-order valence-electron chi connectivity index (χ1n) is 13.8. The van der Waals surface area contributed by atoms with E-state index in [1.807, 2.05) is 22.6 Å². The van der Waals surface area contributed by atoms with Crippen LogP contribution in [0.15, 0.2) is 48.0 Å². The number of ether oxygens (including phenoxy) is 3. The molecule has 4 rings (SSSR count). The van der Waals surface area contributed by atoms with Crippen molar-refractivity contribution in [3.8, 4) is 11.5 Å². The zero-order valence-corrected chi connectivity index (χ0v) is 25.8. The van der Waals surface area contributed by atoms with Crippen LogP contribution in [0.1, 0.15) is 45.5 Å². The van der Waals surface area contributed by atoms with E-state index in [1.54, 1.807) is 6.07 Å². The summed E-state index contributed by atoms with van der Waals surface area (Å²) in [5, 5.41) is 23.5. The van der Waals surface area contributed by atoms with Crippen molar-refractivity contribution in [2.45, 2.75) is 49.8 Å². The van der Waals surface area contributed by atoms with Gasteiger partial charge in [-0.2, -0.15) is 13.2 Å². The third-order valence-electron chi connectivity index (χ3n) is 7.40. The first kappa shape index (κ1) is 33.7. The minimum absolute atomic E-state index is 0.00866. The molecule has 44 heavy (non-hydrogen) atoms. The van der Waals surface area contributed by atoms with Crippen molar-refractivity contribution in [3.63, 3.8) is 0 Å². The van der Waals surface area contributed by atoms with Gasteiger partial charge in [0.15, 0.2) is 11.5 Å². The lowest BCUT2D eigenvalue weighted by atomic mass is 9.87. The van der Waals surface area contributed by atoms with E-state index in [-0.39, 0.29) is 48.8 Å². The average molecular weight is 732 g/mol. The lowest BCUT2D eigenvalue weighted by Crippen LogP contribution is -2.56. The van der Waals surface area contributed by atoms with E-state index in [9.17, 15) is 37.8 Å². The number of carbonyl (C=O) groups excluding carboxylic acids is 3. The van der Waals surface area contributed by atoms with Crippen LogP contribution in [0, 0.1) is 3.57 Å². The molecule has 0 spiro atoms. The Morgan fingerprint density at radius 3 is 2.55 bits per heavy atom. The van der Waals surface area contributed by atoms with Crippen molar-refractivity contribution in [1.29, 1.82) is 0 Å². The van der Waals surface area contributed by atoms with E-state index in [4.69, 9.17) is 14.2 Å². The van der Waals surface area contributed by atoms with Gasteiger partial charge < -0.3 is 34.6 Å². The highest BCUT2D eigenvalue weighted by Gasteiger charge is 2.42. The predicted octanol–water partition coefficient (Wildman–Crippen LogP) is 3.37. The van der Waals surface area contributed by atoms with E-state index >= 15 is 0 Å². The minimum atomic E-state index is -4.59. The number of nitrogens with zero attached hydrogens (tertiary/aromatic N) is 1. The summed E-state index contributed by atoms with van der Waals surface area (Å²) in [5.41, 5.74) is -0.470. The molecule has 4 atom stereocenters. The molecule has 2 aromatic carbocycles. The molecule has 0 unspecified atom stereocenters. The Morgan fingerprint density at radius 1 is 1.23 bits per heavy atom.